The first-order valence-electron chi connectivity index (χ1n) is 6.50. The van der Waals surface area contributed by atoms with E-state index in [0.29, 0.717) is 0 Å². The second-order valence-electron chi connectivity index (χ2n) is 6.11. The molecule has 0 aromatic rings. The Morgan fingerprint density at radius 2 is 1.90 bits per heavy atom. The standard InChI is InChI=1S/C14H23NO4S/c1-9(16)15-8-7-11(19-10(2)17)14(6,18)12(15)20-13(3,4)5/h7-8,11-12,18H,1-6H3/t11-,12-,14+/m0/s1. The smallest absolute Gasteiger partial charge is 0.303 e. The molecule has 0 unspecified atom stereocenters. The van der Waals surface area contributed by atoms with Gasteiger partial charge in [-0.3, -0.25) is 9.59 Å². The Labute approximate surface area is 124 Å². The number of aliphatic hydroxyl groups is 1. The highest BCUT2D eigenvalue weighted by Crippen LogP contribution is 2.41. The van der Waals surface area contributed by atoms with E-state index in [1.54, 1.807) is 19.2 Å². The summed E-state index contributed by atoms with van der Waals surface area (Å²) < 4.78 is 4.99. The van der Waals surface area contributed by atoms with Gasteiger partial charge in [0, 0.05) is 24.8 Å². The zero-order chi connectivity index (χ0) is 15.7. The van der Waals surface area contributed by atoms with E-state index in [9.17, 15) is 14.7 Å². The number of hydrogen-bond donors (Lipinski definition) is 1. The number of hydrogen-bond acceptors (Lipinski definition) is 5. The maximum Gasteiger partial charge on any atom is 0.303 e. The van der Waals surface area contributed by atoms with Gasteiger partial charge in [0.25, 0.3) is 0 Å². The molecule has 20 heavy (non-hydrogen) atoms. The molecule has 5 nitrogen and oxygen atoms in total. The first kappa shape index (κ1) is 17.0. The van der Waals surface area contributed by atoms with Crippen LogP contribution in [0.1, 0.15) is 41.5 Å². The minimum absolute atomic E-state index is 0.158. The fourth-order valence-electron chi connectivity index (χ4n) is 1.98. The highest BCUT2D eigenvalue weighted by atomic mass is 32.2. The van der Waals surface area contributed by atoms with E-state index in [1.807, 2.05) is 20.8 Å². The lowest BCUT2D eigenvalue weighted by molar-refractivity contribution is -0.161. The van der Waals surface area contributed by atoms with Crippen LogP contribution in [0.2, 0.25) is 0 Å². The molecule has 1 heterocycles. The van der Waals surface area contributed by atoms with Crippen LogP contribution in [-0.4, -0.2) is 43.7 Å². The lowest BCUT2D eigenvalue weighted by Gasteiger charge is -2.46. The molecule has 1 amide bonds. The van der Waals surface area contributed by atoms with Gasteiger partial charge in [0.1, 0.15) is 11.0 Å². The number of esters is 1. The maximum absolute atomic E-state index is 11.8. The van der Waals surface area contributed by atoms with Crippen molar-refractivity contribution < 1.29 is 19.4 Å². The highest BCUT2D eigenvalue weighted by Gasteiger charge is 2.48. The Balaban J connectivity index is 3.14. The quantitative estimate of drug-likeness (QED) is 0.789. The summed E-state index contributed by atoms with van der Waals surface area (Å²) in [7, 11) is 0. The van der Waals surface area contributed by atoms with Crippen LogP contribution in [0.25, 0.3) is 0 Å². The van der Waals surface area contributed by atoms with Crippen LogP contribution in [0, 0.1) is 0 Å². The lowest BCUT2D eigenvalue weighted by Crippen LogP contribution is -2.59. The van der Waals surface area contributed by atoms with Gasteiger partial charge in [0.05, 0.1) is 0 Å². The van der Waals surface area contributed by atoms with Crippen molar-refractivity contribution in [3.8, 4) is 0 Å². The van der Waals surface area contributed by atoms with Crippen LogP contribution in [0.15, 0.2) is 12.3 Å². The summed E-state index contributed by atoms with van der Waals surface area (Å²) in [6.45, 7) is 10.3. The van der Waals surface area contributed by atoms with Crippen molar-refractivity contribution in [3.63, 3.8) is 0 Å². The van der Waals surface area contributed by atoms with Gasteiger partial charge in [-0.2, -0.15) is 0 Å². The van der Waals surface area contributed by atoms with E-state index >= 15 is 0 Å². The summed E-state index contributed by atoms with van der Waals surface area (Å²) in [5, 5.41) is 10.3. The molecule has 0 aliphatic carbocycles. The molecule has 0 spiro atoms. The predicted molar refractivity (Wildman–Crippen MR) is 79.0 cm³/mol. The number of nitrogens with zero attached hydrogens (tertiary/aromatic N) is 1. The molecule has 1 rings (SSSR count). The van der Waals surface area contributed by atoms with Gasteiger partial charge in [-0.25, -0.2) is 0 Å². The van der Waals surface area contributed by atoms with Gasteiger partial charge in [-0.15, -0.1) is 11.8 Å². The average Bonchev–Trinajstić information content (AvgIpc) is 2.21. The number of carbonyl (C=O) groups excluding carboxylic acids is 2. The molecule has 0 aromatic heterocycles. The Kier molecular flexibility index (Phi) is 4.92. The Morgan fingerprint density at radius 3 is 2.30 bits per heavy atom. The van der Waals surface area contributed by atoms with E-state index in [1.165, 1.54) is 30.5 Å². The molecule has 0 fully saturated rings. The second-order valence-corrected chi connectivity index (χ2v) is 8.01. The topological polar surface area (TPSA) is 66.8 Å². The summed E-state index contributed by atoms with van der Waals surface area (Å²) in [5.41, 5.74) is -1.36. The molecule has 6 heteroatoms. The van der Waals surface area contributed by atoms with Gasteiger partial charge >= 0.3 is 5.97 Å². The average molecular weight is 301 g/mol. The van der Waals surface area contributed by atoms with Crippen molar-refractivity contribution in [1.29, 1.82) is 0 Å². The normalized spacial score (nSPS) is 30.2. The van der Waals surface area contributed by atoms with Crippen molar-refractivity contribution in [2.75, 3.05) is 0 Å². The number of ether oxygens (including phenoxy) is 1. The summed E-state index contributed by atoms with van der Waals surface area (Å²) in [6.07, 6.45) is 2.36. The fraction of sp³-hybridized carbons (Fsp3) is 0.714. The molecular formula is C14H23NO4S. The Morgan fingerprint density at radius 1 is 1.35 bits per heavy atom. The van der Waals surface area contributed by atoms with Crippen LogP contribution >= 0.6 is 11.8 Å². The molecular weight excluding hydrogens is 278 g/mol. The minimum atomic E-state index is -1.36. The Hall–Kier alpha value is -1.01. The van der Waals surface area contributed by atoms with Gasteiger partial charge in [0.2, 0.25) is 5.91 Å². The first-order valence-corrected chi connectivity index (χ1v) is 7.38. The van der Waals surface area contributed by atoms with Crippen LogP contribution in [-0.2, 0) is 14.3 Å². The van der Waals surface area contributed by atoms with Gasteiger partial charge in [-0.1, -0.05) is 20.8 Å². The molecule has 1 aliphatic rings. The monoisotopic (exact) mass is 301 g/mol. The summed E-state index contributed by atoms with van der Waals surface area (Å²) >= 11 is 1.46. The molecule has 3 atom stereocenters. The molecule has 1 aliphatic heterocycles. The van der Waals surface area contributed by atoms with Crippen molar-refractivity contribution in [2.45, 2.75) is 63.4 Å². The van der Waals surface area contributed by atoms with Crippen molar-refractivity contribution in [2.24, 2.45) is 0 Å². The molecule has 114 valence electrons. The van der Waals surface area contributed by atoms with E-state index in [0.717, 1.165) is 0 Å². The number of thioether (sulfide) groups is 1. The second kappa shape index (κ2) is 5.77. The summed E-state index contributed by atoms with van der Waals surface area (Å²) in [5.74, 6) is -0.625. The summed E-state index contributed by atoms with van der Waals surface area (Å²) in [4.78, 5) is 24.4. The lowest BCUT2D eigenvalue weighted by atomic mass is 9.94. The molecule has 1 N–H and O–H groups in total. The minimum Gasteiger partial charge on any atom is -0.455 e. The number of amides is 1. The third kappa shape index (κ3) is 3.99. The highest BCUT2D eigenvalue weighted by molar-refractivity contribution is 8.01. The fourth-order valence-corrected chi connectivity index (χ4v) is 3.36. The van der Waals surface area contributed by atoms with Crippen molar-refractivity contribution in [3.05, 3.63) is 12.3 Å². The van der Waals surface area contributed by atoms with Crippen molar-refractivity contribution >= 4 is 23.6 Å². The number of carbonyl (C=O) groups is 2. The molecule has 0 bridgehead atoms. The third-order valence-corrected chi connectivity index (χ3v) is 4.51. The molecule has 0 saturated heterocycles. The van der Waals surface area contributed by atoms with E-state index in [-0.39, 0.29) is 10.7 Å². The predicted octanol–water partition coefficient (Wildman–Crippen LogP) is 1.90. The maximum atomic E-state index is 11.8. The largest absolute Gasteiger partial charge is 0.455 e. The van der Waals surface area contributed by atoms with Crippen LogP contribution in [0.4, 0.5) is 0 Å². The summed E-state index contributed by atoms with van der Waals surface area (Å²) in [6, 6.07) is 0. The molecule has 0 radical (unpaired) electrons. The SMILES string of the molecule is CC(=O)O[C@H]1C=CN(C(C)=O)[C@@H](SC(C)(C)C)[C@]1(C)O. The Bertz CT molecular complexity index is 425. The van der Waals surface area contributed by atoms with Gasteiger partial charge in [-0.05, 0) is 13.0 Å². The van der Waals surface area contributed by atoms with Gasteiger partial charge in [0.15, 0.2) is 6.10 Å². The zero-order valence-electron chi connectivity index (χ0n) is 12.8. The third-order valence-electron chi connectivity index (χ3n) is 2.87. The van der Waals surface area contributed by atoms with Crippen LogP contribution < -0.4 is 0 Å². The van der Waals surface area contributed by atoms with Crippen molar-refractivity contribution in [1.82, 2.24) is 4.90 Å². The van der Waals surface area contributed by atoms with E-state index < -0.39 is 23.0 Å². The van der Waals surface area contributed by atoms with E-state index in [2.05, 4.69) is 0 Å². The molecule has 0 saturated carbocycles. The first-order chi connectivity index (χ1) is 8.95. The zero-order valence-corrected chi connectivity index (χ0v) is 13.7. The number of rotatable bonds is 2. The van der Waals surface area contributed by atoms with Gasteiger partial charge < -0.3 is 14.7 Å². The van der Waals surface area contributed by atoms with Crippen LogP contribution in [0.5, 0.6) is 0 Å². The van der Waals surface area contributed by atoms with E-state index in [4.69, 9.17) is 4.74 Å². The molecule has 0 aromatic carbocycles. The van der Waals surface area contributed by atoms with Crippen LogP contribution in [0.3, 0.4) is 0 Å².